The Balaban J connectivity index is 2.90. The van der Waals surface area contributed by atoms with Gasteiger partial charge in [-0.1, -0.05) is 19.3 Å². The maximum Gasteiger partial charge on any atom is 0.272 e. The minimum Gasteiger partial charge on any atom is -0.305 e. The summed E-state index contributed by atoms with van der Waals surface area (Å²) in [5, 5.41) is 0. The van der Waals surface area contributed by atoms with E-state index >= 15 is 0 Å². The molecule has 0 saturated heterocycles. The lowest BCUT2D eigenvalue weighted by Crippen LogP contribution is -2.41. The highest BCUT2D eigenvalue weighted by molar-refractivity contribution is 5.15. The zero-order valence-corrected chi connectivity index (χ0v) is 12.0. The number of rotatable bonds is 5. The molecule has 0 N–H and O–H groups in total. The Morgan fingerprint density at radius 2 is 1.61 bits per heavy atom. The van der Waals surface area contributed by atoms with Crippen molar-refractivity contribution in [3.8, 4) is 0 Å². The van der Waals surface area contributed by atoms with E-state index in [1.165, 1.54) is 19.3 Å². The van der Waals surface area contributed by atoms with Crippen LogP contribution in [-0.4, -0.2) is 50.6 Å². The molecule has 0 aromatic rings. The Bertz CT molecular complexity index is 278. The van der Waals surface area contributed by atoms with Crippen LogP contribution in [0.5, 0.6) is 0 Å². The van der Waals surface area contributed by atoms with Crippen molar-refractivity contribution in [2.45, 2.75) is 38.1 Å². The fourth-order valence-electron chi connectivity index (χ4n) is 3.07. The van der Waals surface area contributed by atoms with E-state index < -0.39 is 6.08 Å². The molecule has 0 aliphatic heterocycles. The highest BCUT2D eigenvalue weighted by Crippen LogP contribution is 2.33. The van der Waals surface area contributed by atoms with Crippen molar-refractivity contribution in [1.29, 1.82) is 0 Å². The first-order valence-electron chi connectivity index (χ1n) is 6.78. The third-order valence-electron chi connectivity index (χ3n) is 3.74. The summed E-state index contributed by atoms with van der Waals surface area (Å²) < 4.78 is 26.5. The second kappa shape index (κ2) is 7.19. The molecule has 0 spiro atoms. The van der Waals surface area contributed by atoms with Gasteiger partial charge in [0.15, 0.2) is 0 Å². The summed E-state index contributed by atoms with van der Waals surface area (Å²) in [6, 6.07) is -0.113. The van der Waals surface area contributed by atoms with Gasteiger partial charge in [0.25, 0.3) is 6.08 Å². The largest absolute Gasteiger partial charge is 0.305 e. The summed E-state index contributed by atoms with van der Waals surface area (Å²) in [4.78, 5) is 3.79. The average molecular weight is 260 g/mol. The van der Waals surface area contributed by atoms with Gasteiger partial charge in [0.1, 0.15) is 0 Å². The quantitative estimate of drug-likeness (QED) is 0.749. The third-order valence-corrected chi connectivity index (χ3v) is 3.74. The second-order valence-corrected chi connectivity index (χ2v) is 5.83. The van der Waals surface area contributed by atoms with E-state index in [1.54, 1.807) is 0 Å². The highest BCUT2D eigenvalue weighted by atomic mass is 19.3. The van der Waals surface area contributed by atoms with Gasteiger partial charge in [-0.15, -0.1) is 0 Å². The lowest BCUT2D eigenvalue weighted by Gasteiger charge is -2.36. The predicted octanol–water partition coefficient (Wildman–Crippen LogP) is 3.21. The molecule has 4 heteroatoms. The van der Waals surface area contributed by atoms with Crippen LogP contribution in [0, 0.1) is 5.92 Å². The smallest absolute Gasteiger partial charge is 0.272 e. The molecule has 0 amide bonds. The van der Waals surface area contributed by atoms with Crippen LogP contribution in [-0.2, 0) is 0 Å². The molecule has 0 aromatic heterocycles. The second-order valence-electron chi connectivity index (χ2n) is 5.83. The van der Waals surface area contributed by atoms with Crippen molar-refractivity contribution < 1.29 is 8.78 Å². The van der Waals surface area contributed by atoms with Crippen molar-refractivity contribution in [1.82, 2.24) is 9.80 Å². The molecule has 18 heavy (non-hydrogen) atoms. The van der Waals surface area contributed by atoms with Gasteiger partial charge in [0.05, 0.1) is 0 Å². The number of nitrogens with zero attached hydrogens (tertiary/aromatic N) is 2. The normalized spacial score (nSPS) is 19.3. The van der Waals surface area contributed by atoms with Crippen molar-refractivity contribution >= 4 is 0 Å². The summed E-state index contributed by atoms with van der Waals surface area (Å²) in [5.41, 5.74) is 0.303. The maximum absolute atomic E-state index is 13.3. The van der Waals surface area contributed by atoms with Crippen LogP contribution >= 0.6 is 0 Å². The van der Waals surface area contributed by atoms with Crippen molar-refractivity contribution in [2.75, 3.05) is 34.7 Å². The molecule has 2 nitrogen and oxygen atoms in total. The van der Waals surface area contributed by atoms with E-state index in [-0.39, 0.29) is 6.04 Å². The molecule has 1 rings (SSSR count). The Morgan fingerprint density at radius 1 is 1.06 bits per heavy atom. The zero-order valence-electron chi connectivity index (χ0n) is 12.0. The molecular formula is C14H26F2N2. The molecule has 1 aliphatic carbocycles. The van der Waals surface area contributed by atoms with E-state index in [2.05, 4.69) is 0 Å². The van der Waals surface area contributed by atoms with Gasteiger partial charge in [0, 0.05) is 18.2 Å². The summed E-state index contributed by atoms with van der Waals surface area (Å²) in [6.45, 7) is 0.349. The van der Waals surface area contributed by atoms with E-state index in [9.17, 15) is 8.78 Å². The molecule has 106 valence electrons. The van der Waals surface area contributed by atoms with Gasteiger partial charge in [-0.3, -0.25) is 0 Å². The fraction of sp³-hybridized carbons (Fsp3) is 0.857. The maximum atomic E-state index is 13.3. The first-order chi connectivity index (χ1) is 8.43. The summed E-state index contributed by atoms with van der Waals surface area (Å²) >= 11 is 0. The third kappa shape index (κ3) is 4.32. The van der Waals surface area contributed by atoms with Crippen LogP contribution in [0.15, 0.2) is 11.7 Å². The Hall–Kier alpha value is -0.480. The molecule has 0 heterocycles. The molecule has 1 saturated carbocycles. The predicted molar refractivity (Wildman–Crippen MR) is 71.8 cm³/mol. The lowest BCUT2D eigenvalue weighted by molar-refractivity contribution is 0.181. The van der Waals surface area contributed by atoms with Crippen molar-refractivity contribution in [2.24, 2.45) is 5.92 Å². The summed E-state index contributed by atoms with van der Waals surface area (Å²) in [5.74, 6) is 0.380. The molecule has 0 aromatic carbocycles. The number of hydrogen-bond donors (Lipinski definition) is 0. The van der Waals surface area contributed by atoms with Gasteiger partial charge in [-0.2, -0.15) is 8.78 Å². The summed E-state index contributed by atoms with van der Waals surface area (Å²) in [6.07, 6.45) is 4.27. The number of likely N-dealkylation sites (N-methyl/N-ethyl adjacent to an activating group) is 2. The Morgan fingerprint density at radius 3 is 2.00 bits per heavy atom. The molecule has 0 bridgehead atoms. The monoisotopic (exact) mass is 260 g/mol. The highest BCUT2D eigenvalue weighted by Gasteiger charge is 2.31. The molecule has 0 radical (unpaired) electrons. The van der Waals surface area contributed by atoms with Crippen LogP contribution in [0.2, 0.25) is 0 Å². The van der Waals surface area contributed by atoms with Crippen molar-refractivity contribution in [3.05, 3.63) is 11.7 Å². The lowest BCUT2D eigenvalue weighted by atomic mass is 9.80. The van der Waals surface area contributed by atoms with Crippen LogP contribution in [0.25, 0.3) is 0 Å². The number of halogens is 2. The van der Waals surface area contributed by atoms with Crippen LogP contribution in [0.1, 0.15) is 32.1 Å². The Labute approximate surface area is 110 Å². The Kier molecular flexibility index (Phi) is 6.22. The molecule has 1 atom stereocenters. The van der Waals surface area contributed by atoms with E-state index in [0.29, 0.717) is 18.0 Å². The van der Waals surface area contributed by atoms with Gasteiger partial charge in [0.2, 0.25) is 0 Å². The topological polar surface area (TPSA) is 6.48 Å². The van der Waals surface area contributed by atoms with Crippen molar-refractivity contribution in [3.63, 3.8) is 0 Å². The minimum atomic E-state index is -1.49. The van der Waals surface area contributed by atoms with E-state index in [4.69, 9.17) is 0 Å². The zero-order chi connectivity index (χ0) is 13.7. The fourth-order valence-corrected chi connectivity index (χ4v) is 3.07. The average Bonchev–Trinajstić information content (AvgIpc) is 2.28. The van der Waals surface area contributed by atoms with Gasteiger partial charge < -0.3 is 9.80 Å². The molecular weight excluding hydrogens is 234 g/mol. The van der Waals surface area contributed by atoms with Crippen LogP contribution < -0.4 is 0 Å². The van der Waals surface area contributed by atoms with Gasteiger partial charge in [-0.25, -0.2) is 0 Å². The first-order valence-corrected chi connectivity index (χ1v) is 6.78. The van der Waals surface area contributed by atoms with Crippen LogP contribution in [0.3, 0.4) is 0 Å². The SMILES string of the molecule is CN(C)CC(=C(F)F)C(C1CCCCC1)N(C)C. The van der Waals surface area contributed by atoms with E-state index in [0.717, 1.165) is 12.8 Å². The van der Waals surface area contributed by atoms with Gasteiger partial charge in [-0.05, 0) is 47.0 Å². The van der Waals surface area contributed by atoms with Crippen LogP contribution in [0.4, 0.5) is 8.78 Å². The molecule has 1 unspecified atom stereocenters. The first kappa shape index (κ1) is 15.6. The minimum absolute atomic E-state index is 0.113. The molecule has 1 fully saturated rings. The van der Waals surface area contributed by atoms with Gasteiger partial charge >= 0.3 is 0 Å². The summed E-state index contributed by atoms with van der Waals surface area (Å²) in [7, 11) is 7.52. The molecule has 1 aliphatic rings. The number of hydrogen-bond acceptors (Lipinski definition) is 2. The van der Waals surface area contributed by atoms with E-state index in [1.807, 2.05) is 38.0 Å². The standard InChI is InChI=1S/C14H26F2N2/c1-17(2)10-12(14(15)16)13(18(3)4)11-8-6-5-7-9-11/h11,13H,5-10H2,1-4H3.